The van der Waals surface area contributed by atoms with Crippen molar-refractivity contribution in [2.24, 2.45) is 0 Å². The van der Waals surface area contributed by atoms with Crippen molar-refractivity contribution in [1.29, 1.82) is 0 Å². The monoisotopic (exact) mass is 380 g/mol. The van der Waals surface area contributed by atoms with Gasteiger partial charge >= 0.3 is 7.12 Å². The van der Waals surface area contributed by atoms with Gasteiger partial charge in [0.1, 0.15) is 0 Å². The lowest BCUT2D eigenvalue weighted by molar-refractivity contribution is 0.213. The summed E-state index contributed by atoms with van der Waals surface area (Å²) in [6, 6.07) is 0. The Kier molecular flexibility index (Phi) is 5.09. The Bertz CT molecular complexity index is 561. The van der Waals surface area contributed by atoms with E-state index in [-0.39, 0.29) is 23.7 Å². The summed E-state index contributed by atoms with van der Waals surface area (Å²) in [7, 11) is -0.184. The maximum Gasteiger partial charge on any atom is 0.509 e. The van der Waals surface area contributed by atoms with Crippen molar-refractivity contribution >= 4 is 7.12 Å². The molecular weight excluding hydrogens is 347 g/mol. The molecule has 0 aromatic carbocycles. The highest BCUT2D eigenvalue weighted by Gasteiger charge is 2.45. The Morgan fingerprint density at radius 2 is 0.714 bits per heavy atom. The topological polar surface area (TPSA) is 19.4 Å². The molecule has 0 amide bonds. The van der Waals surface area contributed by atoms with Crippen molar-refractivity contribution in [1.82, 2.24) is 29.1 Å². The van der Waals surface area contributed by atoms with Crippen molar-refractivity contribution in [3.63, 3.8) is 0 Å². The second-order valence-corrected chi connectivity index (χ2v) is 10.4. The summed E-state index contributed by atoms with van der Waals surface area (Å²) >= 11 is 0. The SMILES string of the molecule is CC(C)(C)N1[C]N(B(N2[C]N(C(C)(C)C)C=C2)N2[C]N(C(C)(C)C)C=C2)C=C1. The number of nitrogens with zero attached hydrogens (tertiary/aromatic N) is 6. The molecule has 0 N–H and O–H groups in total. The van der Waals surface area contributed by atoms with E-state index in [1.54, 1.807) is 0 Å². The van der Waals surface area contributed by atoms with E-state index in [4.69, 9.17) is 0 Å². The fraction of sp³-hybridized carbons (Fsp3) is 0.571. The molecule has 3 rings (SSSR count). The Morgan fingerprint density at radius 1 is 0.464 bits per heavy atom. The van der Waals surface area contributed by atoms with Crippen LogP contribution in [0.15, 0.2) is 37.2 Å². The normalized spacial score (nSPS) is 20.5. The second kappa shape index (κ2) is 6.85. The van der Waals surface area contributed by atoms with Gasteiger partial charge in [0.05, 0.1) is 0 Å². The van der Waals surface area contributed by atoms with Gasteiger partial charge in [-0.2, -0.15) is 0 Å². The smallest absolute Gasteiger partial charge is 0.351 e. The molecule has 0 aliphatic carbocycles. The standard InChI is InChI=1S/C21H33BN6/c1-19(2,3)23-10-13-26(16-23)22(27-14-11-24(17-27)20(4,5)6)28-15-12-25(18-28)21(7,8)9/h10-15H,1-9H3. The molecule has 0 fully saturated rings. The average Bonchev–Trinajstić information content (AvgIpc) is 3.26. The molecular formula is C21H33BN6. The summed E-state index contributed by atoms with van der Waals surface area (Å²) in [6.45, 7) is 30.0. The van der Waals surface area contributed by atoms with Gasteiger partial charge in [-0.05, 0) is 62.3 Å². The average molecular weight is 380 g/mol. The van der Waals surface area contributed by atoms with E-state index in [0.717, 1.165) is 0 Å². The van der Waals surface area contributed by atoms with Gasteiger partial charge in [0, 0.05) is 53.8 Å². The van der Waals surface area contributed by atoms with Crippen LogP contribution in [0.5, 0.6) is 0 Å². The van der Waals surface area contributed by atoms with Crippen LogP contribution < -0.4 is 0 Å². The Morgan fingerprint density at radius 3 is 0.893 bits per heavy atom. The Labute approximate surface area is 172 Å². The molecule has 3 aliphatic rings. The van der Waals surface area contributed by atoms with Crippen LogP contribution in [0.3, 0.4) is 0 Å². The van der Waals surface area contributed by atoms with E-state index >= 15 is 0 Å². The van der Waals surface area contributed by atoms with Crippen molar-refractivity contribution < 1.29 is 0 Å². The predicted molar refractivity (Wildman–Crippen MR) is 113 cm³/mol. The van der Waals surface area contributed by atoms with E-state index in [2.05, 4.69) is 149 Å². The van der Waals surface area contributed by atoms with Gasteiger partial charge in [0.15, 0.2) is 20.0 Å². The van der Waals surface area contributed by atoms with Gasteiger partial charge in [-0.25, -0.2) is 0 Å². The summed E-state index contributed by atoms with van der Waals surface area (Å²) in [4.78, 5) is 12.5. The van der Waals surface area contributed by atoms with Crippen LogP contribution >= 0.6 is 0 Å². The van der Waals surface area contributed by atoms with Gasteiger partial charge in [-0.1, -0.05) is 0 Å². The number of hydrogen-bond acceptors (Lipinski definition) is 6. The highest BCUT2D eigenvalue weighted by molar-refractivity contribution is 6.51. The third-order valence-electron chi connectivity index (χ3n) is 4.71. The fourth-order valence-corrected chi connectivity index (χ4v) is 2.90. The molecule has 0 saturated carbocycles. The van der Waals surface area contributed by atoms with Crippen LogP contribution in [0.4, 0.5) is 0 Å². The fourth-order valence-electron chi connectivity index (χ4n) is 2.90. The lowest BCUT2D eigenvalue weighted by Gasteiger charge is -2.40. The van der Waals surface area contributed by atoms with E-state index < -0.39 is 0 Å². The van der Waals surface area contributed by atoms with Crippen molar-refractivity contribution in [3.05, 3.63) is 57.2 Å². The summed E-state index contributed by atoms with van der Waals surface area (Å²) in [5, 5.41) is 0. The summed E-state index contributed by atoms with van der Waals surface area (Å²) in [5.41, 5.74) is -0.103. The molecule has 0 atom stereocenters. The largest absolute Gasteiger partial charge is 0.509 e. The molecule has 6 radical (unpaired) electrons. The third-order valence-corrected chi connectivity index (χ3v) is 4.71. The zero-order valence-electron chi connectivity index (χ0n) is 18.7. The lowest BCUT2D eigenvalue weighted by Crippen LogP contribution is -2.57. The quantitative estimate of drug-likeness (QED) is 0.692. The van der Waals surface area contributed by atoms with Crippen LogP contribution in [-0.4, -0.2) is 52.9 Å². The van der Waals surface area contributed by atoms with E-state index in [1.165, 1.54) is 0 Å². The first-order chi connectivity index (χ1) is 12.8. The van der Waals surface area contributed by atoms with Crippen LogP contribution in [-0.2, 0) is 0 Å². The Balaban J connectivity index is 1.80. The van der Waals surface area contributed by atoms with Crippen LogP contribution in [0.1, 0.15) is 62.3 Å². The minimum absolute atomic E-state index is 0.0345. The molecule has 0 aromatic rings. The van der Waals surface area contributed by atoms with E-state index in [1.807, 2.05) is 0 Å². The van der Waals surface area contributed by atoms with Crippen molar-refractivity contribution in [2.45, 2.75) is 78.9 Å². The van der Waals surface area contributed by atoms with Gasteiger partial charge in [-0.3, -0.25) is 0 Å². The minimum atomic E-state index is -0.184. The van der Waals surface area contributed by atoms with Crippen LogP contribution in [0, 0.1) is 20.0 Å². The summed E-state index contributed by atoms with van der Waals surface area (Å²) < 4.78 is 0. The van der Waals surface area contributed by atoms with Crippen molar-refractivity contribution in [2.75, 3.05) is 0 Å². The zero-order valence-corrected chi connectivity index (χ0v) is 18.7. The first-order valence-electron chi connectivity index (χ1n) is 9.84. The summed E-state index contributed by atoms with van der Waals surface area (Å²) in [6.07, 6.45) is 12.4. The predicted octanol–water partition coefficient (Wildman–Crippen LogP) is 3.62. The van der Waals surface area contributed by atoms with E-state index in [0.29, 0.717) is 0 Å². The second-order valence-electron chi connectivity index (χ2n) is 10.4. The van der Waals surface area contributed by atoms with Gasteiger partial charge in [0.2, 0.25) is 0 Å². The molecule has 28 heavy (non-hydrogen) atoms. The molecule has 0 bridgehead atoms. The molecule has 3 heterocycles. The zero-order chi connectivity index (χ0) is 20.9. The minimum Gasteiger partial charge on any atom is -0.351 e. The molecule has 0 unspecified atom stereocenters. The first-order valence-corrected chi connectivity index (χ1v) is 9.84. The maximum atomic E-state index is 3.48. The summed E-state index contributed by atoms with van der Waals surface area (Å²) in [5.74, 6) is 0. The molecule has 7 heteroatoms. The number of rotatable bonds is 3. The van der Waals surface area contributed by atoms with Crippen LogP contribution in [0.25, 0.3) is 0 Å². The van der Waals surface area contributed by atoms with Gasteiger partial charge < -0.3 is 29.1 Å². The molecule has 0 aromatic heterocycles. The highest BCUT2D eigenvalue weighted by Crippen LogP contribution is 2.32. The molecule has 0 saturated heterocycles. The molecule has 6 nitrogen and oxygen atoms in total. The van der Waals surface area contributed by atoms with Crippen molar-refractivity contribution in [3.8, 4) is 0 Å². The maximum absolute atomic E-state index is 3.48. The highest BCUT2D eigenvalue weighted by atomic mass is 15.5. The van der Waals surface area contributed by atoms with E-state index in [9.17, 15) is 0 Å². The third kappa shape index (κ3) is 4.23. The van der Waals surface area contributed by atoms with Crippen LogP contribution in [0.2, 0.25) is 0 Å². The van der Waals surface area contributed by atoms with Gasteiger partial charge in [0.25, 0.3) is 0 Å². The first kappa shape index (κ1) is 20.8. The Hall–Kier alpha value is -1.92. The number of hydrogen-bond donors (Lipinski definition) is 0. The lowest BCUT2D eigenvalue weighted by atomic mass is 9.85. The molecule has 3 aliphatic heterocycles. The molecule has 150 valence electrons. The van der Waals surface area contributed by atoms with Gasteiger partial charge in [-0.15, -0.1) is 0 Å². The molecule has 0 spiro atoms.